The van der Waals surface area contributed by atoms with Crippen LogP contribution in [0.3, 0.4) is 0 Å². The summed E-state index contributed by atoms with van der Waals surface area (Å²) in [4.78, 5) is 18.8. The molecule has 0 aliphatic rings. The monoisotopic (exact) mass is 366 g/mol. The third-order valence-corrected chi connectivity index (χ3v) is 5.41. The second kappa shape index (κ2) is 6.14. The van der Waals surface area contributed by atoms with E-state index in [1.54, 1.807) is 6.07 Å². The number of hydrogen-bond acceptors (Lipinski definition) is 3. The quantitative estimate of drug-likeness (QED) is 0.474. The number of rotatable bonds is 2. The Labute approximate surface area is 154 Å². The first kappa shape index (κ1) is 16.1. The molecule has 124 valence electrons. The van der Waals surface area contributed by atoms with E-state index in [1.807, 2.05) is 37.3 Å². The first-order chi connectivity index (χ1) is 12.0. The van der Waals surface area contributed by atoms with Crippen molar-refractivity contribution in [3.8, 4) is 0 Å². The number of anilines is 1. The largest absolute Gasteiger partial charge is 0.321 e. The minimum Gasteiger partial charge on any atom is -0.321 e. The average Bonchev–Trinajstić information content (AvgIpc) is 2.99. The number of fused-ring (bicyclic) bond motifs is 2. The van der Waals surface area contributed by atoms with Gasteiger partial charge in [0, 0.05) is 21.5 Å². The molecule has 0 radical (unpaired) electrons. The van der Waals surface area contributed by atoms with Crippen molar-refractivity contribution >= 4 is 55.7 Å². The van der Waals surface area contributed by atoms with Gasteiger partial charge in [0.05, 0.1) is 10.4 Å². The zero-order valence-corrected chi connectivity index (χ0v) is 15.3. The van der Waals surface area contributed by atoms with E-state index in [0.29, 0.717) is 9.90 Å². The lowest BCUT2D eigenvalue weighted by atomic mass is 10.1. The molecule has 0 fully saturated rings. The summed E-state index contributed by atoms with van der Waals surface area (Å²) in [5, 5.41) is 5.60. The van der Waals surface area contributed by atoms with Crippen LogP contribution in [0, 0.1) is 13.8 Å². The van der Waals surface area contributed by atoms with E-state index in [2.05, 4.69) is 29.4 Å². The molecule has 4 aromatic rings. The highest BCUT2D eigenvalue weighted by molar-refractivity contribution is 7.20. The van der Waals surface area contributed by atoms with Gasteiger partial charge in [-0.05, 0) is 55.8 Å². The van der Waals surface area contributed by atoms with E-state index in [9.17, 15) is 4.79 Å². The maximum atomic E-state index is 12.6. The van der Waals surface area contributed by atoms with Crippen LogP contribution in [-0.4, -0.2) is 10.9 Å². The topological polar surface area (TPSA) is 42.0 Å². The van der Waals surface area contributed by atoms with E-state index in [-0.39, 0.29) is 5.91 Å². The van der Waals surface area contributed by atoms with Crippen molar-refractivity contribution in [2.45, 2.75) is 13.8 Å². The molecule has 25 heavy (non-hydrogen) atoms. The lowest BCUT2D eigenvalue weighted by Gasteiger charge is -2.07. The molecule has 0 aliphatic heterocycles. The van der Waals surface area contributed by atoms with Crippen LogP contribution in [-0.2, 0) is 0 Å². The molecule has 5 heteroatoms. The minimum absolute atomic E-state index is 0.145. The predicted octanol–water partition coefficient (Wildman–Crippen LogP) is 5.97. The Bertz CT molecular complexity index is 1130. The van der Waals surface area contributed by atoms with Gasteiger partial charge in [-0.1, -0.05) is 29.3 Å². The van der Waals surface area contributed by atoms with Crippen molar-refractivity contribution in [2.24, 2.45) is 0 Å². The molecule has 0 saturated carbocycles. The highest BCUT2D eigenvalue weighted by Crippen LogP contribution is 2.29. The Morgan fingerprint density at radius 3 is 2.72 bits per heavy atom. The molecule has 0 aliphatic carbocycles. The van der Waals surface area contributed by atoms with E-state index in [1.165, 1.54) is 16.9 Å². The highest BCUT2D eigenvalue weighted by Gasteiger charge is 2.13. The SMILES string of the molecule is Cc1ccc2nc3sc(C(=O)Nc4cc(Cl)ccc4C)cc3cc2c1. The molecule has 4 rings (SSSR count). The molecule has 0 spiro atoms. The number of aryl methyl sites for hydroxylation is 2. The number of pyridine rings is 1. The van der Waals surface area contributed by atoms with Gasteiger partial charge < -0.3 is 5.32 Å². The number of nitrogens with one attached hydrogen (secondary N) is 1. The van der Waals surface area contributed by atoms with Crippen LogP contribution >= 0.6 is 22.9 Å². The minimum atomic E-state index is -0.145. The number of hydrogen-bond donors (Lipinski definition) is 1. The second-order valence-corrected chi connectivity index (χ2v) is 7.57. The van der Waals surface area contributed by atoms with Gasteiger partial charge in [0.15, 0.2) is 0 Å². The van der Waals surface area contributed by atoms with E-state index in [0.717, 1.165) is 32.4 Å². The lowest BCUT2D eigenvalue weighted by Crippen LogP contribution is -2.11. The smallest absolute Gasteiger partial charge is 0.265 e. The third-order valence-electron chi connectivity index (χ3n) is 4.13. The van der Waals surface area contributed by atoms with Crippen molar-refractivity contribution in [1.29, 1.82) is 0 Å². The van der Waals surface area contributed by atoms with Gasteiger partial charge in [-0.3, -0.25) is 4.79 Å². The Morgan fingerprint density at radius 1 is 1.04 bits per heavy atom. The fourth-order valence-electron chi connectivity index (χ4n) is 2.78. The fraction of sp³-hybridized carbons (Fsp3) is 0.100. The van der Waals surface area contributed by atoms with Crippen LogP contribution in [0.5, 0.6) is 0 Å². The van der Waals surface area contributed by atoms with Gasteiger partial charge >= 0.3 is 0 Å². The number of benzene rings is 2. The molecule has 2 aromatic heterocycles. The third kappa shape index (κ3) is 3.11. The normalized spacial score (nSPS) is 11.2. The molecule has 2 aromatic carbocycles. The molecule has 0 bridgehead atoms. The van der Waals surface area contributed by atoms with Gasteiger partial charge in [-0.15, -0.1) is 11.3 Å². The molecule has 1 amide bonds. The lowest BCUT2D eigenvalue weighted by molar-refractivity contribution is 0.103. The van der Waals surface area contributed by atoms with Crippen molar-refractivity contribution < 1.29 is 4.79 Å². The highest BCUT2D eigenvalue weighted by atomic mass is 35.5. The molecule has 0 atom stereocenters. The Balaban J connectivity index is 1.72. The molecular formula is C20H15ClN2OS. The summed E-state index contributed by atoms with van der Waals surface area (Å²) in [7, 11) is 0. The Hall–Kier alpha value is -2.43. The maximum Gasteiger partial charge on any atom is 0.265 e. The maximum absolute atomic E-state index is 12.6. The molecule has 0 saturated heterocycles. The number of nitrogens with zero attached hydrogens (tertiary/aromatic N) is 1. The number of carbonyl (C=O) groups is 1. The summed E-state index contributed by atoms with van der Waals surface area (Å²) in [6.45, 7) is 4.00. The van der Waals surface area contributed by atoms with Gasteiger partial charge in [0.25, 0.3) is 5.91 Å². The van der Waals surface area contributed by atoms with Gasteiger partial charge in [0.1, 0.15) is 4.83 Å². The van der Waals surface area contributed by atoms with E-state index < -0.39 is 0 Å². The summed E-state index contributed by atoms with van der Waals surface area (Å²) >= 11 is 7.42. The van der Waals surface area contributed by atoms with Crippen LogP contribution in [0.25, 0.3) is 21.1 Å². The summed E-state index contributed by atoms with van der Waals surface area (Å²) in [5.41, 5.74) is 3.83. The first-order valence-corrected chi connectivity index (χ1v) is 9.07. The number of halogens is 1. The number of carbonyl (C=O) groups excluding carboxylic acids is 1. The van der Waals surface area contributed by atoms with Crippen LogP contribution in [0.2, 0.25) is 5.02 Å². The summed E-state index contributed by atoms with van der Waals surface area (Å²) in [6.07, 6.45) is 0. The average molecular weight is 367 g/mol. The second-order valence-electron chi connectivity index (χ2n) is 6.10. The fourth-order valence-corrected chi connectivity index (χ4v) is 3.87. The van der Waals surface area contributed by atoms with E-state index in [4.69, 9.17) is 11.6 Å². The van der Waals surface area contributed by atoms with Crippen LogP contribution in [0.1, 0.15) is 20.8 Å². The first-order valence-electron chi connectivity index (χ1n) is 7.88. The summed E-state index contributed by atoms with van der Waals surface area (Å²) in [6, 6.07) is 15.6. The van der Waals surface area contributed by atoms with Crippen LogP contribution < -0.4 is 5.32 Å². The molecule has 1 N–H and O–H groups in total. The number of aromatic nitrogens is 1. The standard InChI is InChI=1S/C20H15ClN2OS/c1-11-3-6-16-13(7-11)8-14-9-18(25-20(14)23-16)19(24)22-17-10-15(21)5-4-12(17)2/h3-10H,1-2H3,(H,22,24). The molecule has 2 heterocycles. The van der Waals surface area contributed by atoms with Crippen LogP contribution in [0.15, 0.2) is 48.5 Å². The van der Waals surface area contributed by atoms with Crippen molar-refractivity contribution in [3.05, 3.63) is 69.6 Å². The van der Waals surface area contributed by atoms with E-state index >= 15 is 0 Å². The van der Waals surface area contributed by atoms with Crippen molar-refractivity contribution in [3.63, 3.8) is 0 Å². The summed E-state index contributed by atoms with van der Waals surface area (Å²) in [5.74, 6) is -0.145. The molecule has 0 unspecified atom stereocenters. The number of amides is 1. The van der Waals surface area contributed by atoms with Gasteiger partial charge in [-0.2, -0.15) is 0 Å². The van der Waals surface area contributed by atoms with Crippen molar-refractivity contribution in [2.75, 3.05) is 5.32 Å². The number of thiophene rings is 1. The Kier molecular flexibility index (Phi) is 3.94. The predicted molar refractivity (Wildman–Crippen MR) is 106 cm³/mol. The van der Waals surface area contributed by atoms with Gasteiger partial charge in [0.2, 0.25) is 0 Å². The van der Waals surface area contributed by atoms with Crippen LogP contribution in [0.4, 0.5) is 5.69 Å². The van der Waals surface area contributed by atoms with Crippen molar-refractivity contribution in [1.82, 2.24) is 4.98 Å². The summed E-state index contributed by atoms with van der Waals surface area (Å²) < 4.78 is 0. The Morgan fingerprint density at radius 2 is 1.88 bits per heavy atom. The van der Waals surface area contributed by atoms with Gasteiger partial charge in [-0.25, -0.2) is 4.98 Å². The molecule has 3 nitrogen and oxygen atoms in total. The zero-order valence-electron chi connectivity index (χ0n) is 13.8. The molecular weight excluding hydrogens is 352 g/mol. The zero-order chi connectivity index (χ0) is 17.6.